The highest BCUT2D eigenvalue weighted by Crippen LogP contribution is 2.15. The molecule has 112 valence electrons. The molecule has 0 bridgehead atoms. The lowest BCUT2D eigenvalue weighted by Gasteiger charge is -2.14. The first kappa shape index (κ1) is 14.3. The number of carbonyl (C=O) groups excluding carboxylic acids is 1. The van der Waals surface area contributed by atoms with Crippen molar-refractivity contribution in [3.8, 4) is 0 Å². The Labute approximate surface area is 129 Å². The van der Waals surface area contributed by atoms with Crippen molar-refractivity contribution < 1.29 is 4.79 Å². The standard InChI is InChI=1S/C18H19N3O/c1-13(10-11-14-6-3-2-4-7-14)20-18(22)16-9-5-8-15-12-19-21-17(15)16/h2-9,12-13H,10-11H2,1H3,(H,19,21)(H,20,22). The summed E-state index contributed by atoms with van der Waals surface area (Å²) < 4.78 is 0. The Morgan fingerprint density at radius 1 is 1.18 bits per heavy atom. The first-order valence-electron chi connectivity index (χ1n) is 7.51. The number of amides is 1. The molecule has 2 N–H and O–H groups in total. The van der Waals surface area contributed by atoms with Gasteiger partial charge in [0.15, 0.2) is 0 Å². The maximum absolute atomic E-state index is 12.4. The predicted molar refractivity (Wildman–Crippen MR) is 87.8 cm³/mol. The zero-order chi connectivity index (χ0) is 15.4. The number of fused-ring (bicyclic) bond motifs is 1. The Kier molecular flexibility index (Phi) is 4.19. The summed E-state index contributed by atoms with van der Waals surface area (Å²) in [6.45, 7) is 2.04. The van der Waals surface area contributed by atoms with Crippen LogP contribution in [0.3, 0.4) is 0 Å². The van der Waals surface area contributed by atoms with Crippen molar-refractivity contribution in [2.75, 3.05) is 0 Å². The van der Waals surface area contributed by atoms with E-state index in [4.69, 9.17) is 0 Å². The Balaban J connectivity index is 1.63. The fourth-order valence-corrected chi connectivity index (χ4v) is 2.56. The number of aryl methyl sites for hydroxylation is 1. The number of nitrogens with zero attached hydrogens (tertiary/aromatic N) is 1. The van der Waals surface area contributed by atoms with Crippen LogP contribution < -0.4 is 5.32 Å². The van der Waals surface area contributed by atoms with E-state index in [1.165, 1.54) is 5.56 Å². The Morgan fingerprint density at radius 2 is 2.00 bits per heavy atom. The lowest BCUT2D eigenvalue weighted by atomic mass is 10.1. The molecule has 2 aromatic carbocycles. The zero-order valence-corrected chi connectivity index (χ0v) is 12.5. The molecule has 0 aliphatic heterocycles. The minimum atomic E-state index is -0.0598. The quantitative estimate of drug-likeness (QED) is 0.758. The highest BCUT2D eigenvalue weighted by atomic mass is 16.1. The Hall–Kier alpha value is -2.62. The molecular weight excluding hydrogens is 274 g/mol. The maximum atomic E-state index is 12.4. The van der Waals surface area contributed by atoms with Gasteiger partial charge in [0.2, 0.25) is 0 Å². The van der Waals surface area contributed by atoms with Crippen molar-refractivity contribution in [1.29, 1.82) is 0 Å². The van der Waals surface area contributed by atoms with E-state index in [2.05, 4.69) is 27.6 Å². The van der Waals surface area contributed by atoms with Gasteiger partial charge in [0.05, 0.1) is 17.3 Å². The number of nitrogens with one attached hydrogen (secondary N) is 2. The van der Waals surface area contributed by atoms with Crippen molar-refractivity contribution in [1.82, 2.24) is 15.5 Å². The number of aromatic nitrogens is 2. The zero-order valence-electron chi connectivity index (χ0n) is 12.5. The largest absolute Gasteiger partial charge is 0.350 e. The molecule has 22 heavy (non-hydrogen) atoms. The molecule has 0 spiro atoms. The van der Waals surface area contributed by atoms with Gasteiger partial charge in [0, 0.05) is 11.4 Å². The van der Waals surface area contributed by atoms with Gasteiger partial charge in [-0.3, -0.25) is 9.89 Å². The fraction of sp³-hybridized carbons (Fsp3) is 0.222. The lowest BCUT2D eigenvalue weighted by Crippen LogP contribution is -2.33. The number of hydrogen-bond acceptors (Lipinski definition) is 2. The molecule has 0 aliphatic carbocycles. The van der Waals surface area contributed by atoms with Crippen molar-refractivity contribution >= 4 is 16.8 Å². The van der Waals surface area contributed by atoms with Crippen LogP contribution in [0.4, 0.5) is 0 Å². The number of carbonyl (C=O) groups is 1. The first-order chi connectivity index (χ1) is 10.7. The number of H-pyrrole nitrogens is 1. The third-order valence-corrected chi connectivity index (χ3v) is 3.81. The fourth-order valence-electron chi connectivity index (χ4n) is 2.56. The van der Waals surface area contributed by atoms with Crippen LogP contribution in [0.15, 0.2) is 54.7 Å². The van der Waals surface area contributed by atoms with Gasteiger partial charge >= 0.3 is 0 Å². The van der Waals surface area contributed by atoms with E-state index in [0.717, 1.165) is 23.7 Å². The second-order valence-electron chi connectivity index (χ2n) is 5.54. The Bertz CT molecular complexity index is 764. The second-order valence-corrected chi connectivity index (χ2v) is 5.54. The van der Waals surface area contributed by atoms with E-state index < -0.39 is 0 Å². The van der Waals surface area contributed by atoms with Crippen LogP contribution in [0.2, 0.25) is 0 Å². The molecule has 3 rings (SSSR count). The van der Waals surface area contributed by atoms with E-state index in [1.807, 2.05) is 43.3 Å². The Morgan fingerprint density at radius 3 is 2.82 bits per heavy atom. The highest BCUT2D eigenvalue weighted by Gasteiger charge is 2.13. The predicted octanol–water partition coefficient (Wildman–Crippen LogP) is 3.31. The van der Waals surface area contributed by atoms with Gasteiger partial charge < -0.3 is 5.32 Å². The molecule has 4 heteroatoms. The molecule has 1 unspecified atom stereocenters. The van der Waals surface area contributed by atoms with E-state index in [0.29, 0.717) is 5.56 Å². The van der Waals surface area contributed by atoms with Crippen molar-refractivity contribution in [2.45, 2.75) is 25.8 Å². The normalized spacial score (nSPS) is 12.2. The molecular formula is C18H19N3O. The smallest absolute Gasteiger partial charge is 0.253 e. The average molecular weight is 293 g/mol. The molecule has 1 heterocycles. The van der Waals surface area contributed by atoms with Crippen LogP contribution in [0, 0.1) is 0 Å². The van der Waals surface area contributed by atoms with Crippen LogP contribution in [0.5, 0.6) is 0 Å². The molecule has 0 saturated heterocycles. The topological polar surface area (TPSA) is 57.8 Å². The number of benzene rings is 2. The molecule has 0 radical (unpaired) electrons. The van der Waals surface area contributed by atoms with Crippen molar-refractivity contribution in [3.63, 3.8) is 0 Å². The summed E-state index contributed by atoms with van der Waals surface area (Å²) in [7, 11) is 0. The average Bonchev–Trinajstić information content (AvgIpc) is 3.02. The van der Waals surface area contributed by atoms with Crippen LogP contribution in [-0.2, 0) is 6.42 Å². The van der Waals surface area contributed by atoms with Crippen LogP contribution >= 0.6 is 0 Å². The summed E-state index contributed by atoms with van der Waals surface area (Å²) >= 11 is 0. The van der Waals surface area contributed by atoms with E-state index in [9.17, 15) is 4.79 Å². The minimum absolute atomic E-state index is 0.0598. The van der Waals surface area contributed by atoms with Crippen LogP contribution in [0.25, 0.3) is 10.9 Å². The summed E-state index contributed by atoms with van der Waals surface area (Å²) in [5.74, 6) is -0.0598. The monoisotopic (exact) mass is 293 g/mol. The molecule has 0 fully saturated rings. The number of para-hydroxylation sites is 1. The summed E-state index contributed by atoms with van der Waals surface area (Å²) in [5.41, 5.74) is 2.72. The van der Waals surface area contributed by atoms with Gasteiger partial charge in [-0.2, -0.15) is 5.10 Å². The minimum Gasteiger partial charge on any atom is -0.350 e. The van der Waals surface area contributed by atoms with Crippen LogP contribution in [-0.4, -0.2) is 22.1 Å². The molecule has 0 saturated carbocycles. The summed E-state index contributed by atoms with van der Waals surface area (Å²) in [5, 5.41) is 10.9. The lowest BCUT2D eigenvalue weighted by molar-refractivity contribution is 0.0940. The number of aromatic amines is 1. The summed E-state index contributed by atoms with van der Waals surface area (Å²) in [4.78, 5) is 12.4. The van der Waals surface area contributed by atoms with Gasteiger partial charge in [-0.25, -0.2) is 0 Å². The van der Waals surface area contributed by atoms with Gasteiger partial charge in [-0.15, -0.1) is 0 Å². The molecule has 3 aromatic rings. The van der Waals surface area contributed by atoms with E-state index in [1.54, 1.807) is 6.20 Å². The SMILES string of the molecule is CC(CCc1ccccc1)NC(=O)c1cccc2cn[nH]c12. The highest BCUT2D eigenvalue weighted by molar-refractivity contribution is 6.05. The maximum Gasteiger partial charge on any atom is 0.253 e. The number of rotatable bonds is 5. The second kappa shape index (κ2) is 6.43. The third kappa shape index (κ3) is 3.17. The van der Waals surface area contributed by atoms with E-state index in [-0.39, 0.29) is 11.9 Å². The molecule has 1 aromatic heterocycles. The molecule has 0 aliphatic rings. The summed E-state index contributed by atoms with van der Waals surface area (Å²) in [6.07, 6.45) is 3.59. The van der Waals surface area contributed by atoms with Crippen LogP contribution in [0.1, 0.15) is 29.3 Å². The van der Waals surface area contributed by atoms with Gasteiger partial charge in [0.25, 0.3) is 5.91 Å². The van der Waals surface area contributed by atoms with E-state index >= 15 is 0 Å². The summed E-state index contributed by atoms with van der Waals surface area (Å²) in [6, 6.07) is 16.1. The van der Waals surface area contributed by atoms with Crippen molar-refractivity contribution in [3.05, 3.63) is 65.9 Å². The third-order valence-electron chi connectivity index (χ3n) is 3.81. The van der Waals surface area contributed by atoms with Gasteiger partial charge in [-0.1, -0.05) is 42.5 Å². The number of hydrogen-bond donors (Lipinski definition) is 2. The molecule has 1 amide bonds. The first-order valence-corrected chi connectivity index (χ1v) is 7.51. The molecule has 4 nitrogen and oxygen atoms in total. The van der Waals surface area contributed by atoms with Gasteiger partial charge in [-0.05, 0) is 31.4 Å². The van der Waals surface area contributed by atoms with Crippen molar-refractivity contribution in [2.24, 2.45) is 0 Å². The molecule has 1 atom stereocenters. The van der Waals surface area contributed by atoms with Gasteiger partial charge in [0.1, 0.15) is 0 Å².